The van der Waals surface area contributed by atoms with Crippen molar-refractivity contribution in [2.24, 2.45) is 0 Å². The Morgan fingerprint density at radius 1 is 1.50 bits per heavy atom. The summed E-state index contributed by atoms with van der Waals surface area (Å²) in [4.78, 5) is 11.6. The number of aromatic hydroxyl groups is 1. The van der Waals surface area contributed by atoms with Crippen LogP contribution in [0.2, 0.25) is 0 Å². The molecule has 0 atom stereocenters. The van der Waals surface area contributed by atoms with Crippen molar-refractivity contribution >= 4 is 11.8 Å². The number of aromatic amines is 1. The van der Waals surface area contributed by atoms with Gasteiger partial charge in [0.1, 0.15) is 22.9 Å². The minimum Gasteiger partial charge on any atom is -0.508 e. The number of carbonyl (C=O) groups excluding carboxylic acids is 1. The summed E-state index contributed by atoms with van der Waals surface area (Å²) >= 11 is 0. The van der Waals surface area contributed by atoms with Gasteiger partial charge >= 0.3 is 5.97 Å². The van der Waals surface area contributed by atoms with E-state index in [4.69, 9.17) is 10.5 Å². The molecule has 0 saturated carbocycles. The lowest BCUT2D eigenvalue weighted by molar-refractivity contribution is 0.0736. The van der Waals surface area contributed by atoms with Crippen molar-refractivity contribution < 1.29 is 14.6 Å². The molecule has 1 heterocycles. The number of ether oxygens (including phenoxy) is 1. The van der Waals surface area contributed by atoms with Gasteiger partial charge in [-0.2, -0.15) is 5.10 Å². The quantitative estimate of drug-likeness (QED) is 0.515. The Morgan fingerprint density at radius 3 is 2.94 bits per heavy atom. The molecular formula is C10H9N3O3. The summed E-state index contributed by atoms with van der Waals surface area (Å²) in [7, 11) is 0. The van der Waals surface area contributed by atoms with Crippen LogP contribution in [-0.4, -0.2) is 21.3 Å². The van der Waals surface area contributed by atoms with Gasteiger partial charge in [0, 0.05) is 6.07 Å². The van der Waals surface area contributed by atoms with E-state index in [1.807, 2.05) is 0 Å². The van der Waals surface area contributed by atoms with Gasteiger partial charge in [-0.05, 0) is 12.1 Å². The van der Waals surface area contributed by atoms with E-state index in [1.165, 1.54) is 18.3 Å². The summed E-state index contributed by atoms with van der Waals surface area (Å²) in [5, 5.41) is 15.2. The SMILES string of the molecule is Nc1[nH]ncc1C(=O)Oc1cccc(O)c1. The lowest BCUT2D eigenvalue weighted by Gasteiger charge is -2.03. The zero-order chi connectivity index (χ0) is 11.5. The molecule has 4 N–H and O–H groups in total. The van der Waals surface area contributed by atoms with E-state index in [9.17, 15) is 9.90 Å². The highest BCUT2D eigenvalue weighted by atomic mass is 16.5. The summed E-state index contributed by atoms with van der Waals surface area (Å²) in [6.45, 7) is 0. The van der Waals surface area contributed by atoms with Crippen LogP contribution < -0.4 is 10.5 Å². The Hall–Kier alpha value is -2.50. The number of benzene rings is 1. The van der Waals surface area contributed by atoms with E-state index in [2.05, 4.69) is 10.2 Å². The van der Waals surface area contributed by atoms with E-state index in [-0.39, 0.29) is 22.9 Å². The molecule has 6 heteroatoms. The summed E-state index contributed by atoms with van der Waals surface area (Å²) in [5.74, 6) is -0.224. The van der Waals surface area contributed by atoms with Gasteiger partial charge in [-0.25, -0.2) is 4.79 Å². The van der Waals surface area contributed by atoms with E-state index < -0.39 is 5.97 Å². The van der Waals surface area contributed by atoms with Crippen molar-refractivity contribution in [3.8, 4) is 11.5 Å². The normalized spacial score (nSPS) is 10.0. The Kier molecular flexibility index (Phi) is 2.47. The van der Waals surface area contributed by atoms with E-state index in [0.717, 1.165) is 0 Å². The van der Waals surface area contributed by atoms with Gasteiger partial charge in [0.25, 0.3) is 0 Å². The average molecular weight is 219 g/mol. The second-order valence-corrected chi connectivity index (χ2v) is 3.08. The number of aromatic nitrogens is 2. The monoisotopic (exact) mass is 219 g/mol. The van der Waals surface area contributed by atoms with Gasteiger partial charge in [-0.1, -0.05) is 6.07 Å². The topological polar surface area (TPSA) is 101 Å². The van der Waals surface area contributed by atoms with Crippen molar-refractivity contribution in [3.63, 3.8) is 0 Å². The lowest BCUT2D eigenvalue weighted by Crippen LogP contribution is -2.09. The maximum atomic E-state index is 11.6. The van der Waals surface area contributed by atoms with Crippen LogP contribution in [0, 0.1) is 0 Å². The molecule has 0 aliphatic rings. The molecular weight excluding hydrogens is 210 g/mol. The van der Waals surface area contributed by atoms with Crippen LogP contribution in [0.15, 0.2) is 30.5 Å². The number of rotatable bonds is 2. The molecule has 16 heavy (non-hydrogen) atoms. The zero-order valence-electron chi connectivity index (χ0n) is 8.18. The van der Waals surface area contributed by atoms with Crippen molar-refractivity contribution in [2.75, 3.05) is 5.73 Å². The van der Waals surface area contributed by atoms with Crippen molar-refractivity contribution in [1.29, 1.82) is 0 Å². The predicted octanol–water partition coefficient (Wildman–Crippen LogP) is 0.917. The molecule has 82 valence electrons. The standard InChI is InChI=1S/C10H9N3O3/c11-9-8(5-12-13-9)10(15)16-7-3-1-2-6(14)4-7/h1-5,14H,(H3,11,12,13). The minimum atomic E-state index is -0.628. The molecule has 0 saturated heterocycles. The number of nitrogens with zero attached hydrogens (tertiary/aromatic N) is 1. The first-order valence-electron chi connectivity index (χ1n) is 4.47. The summed E-state index contributed by atoms with van der Waals surface area (Å²) < 4.78 is 4.98. The fourth-order valence-corrected chi connectivity index (χ4v) is 1.17. The number of anilines is 1. The van der Waals surface area contributed by atoms with Crippen LogP contribution in [-0.2, 0) is 0 Å². The minimum absolute atomic E-state index is 0.0189. The zero-order valence-corrected chi connectivity index (χ0v) is 8.18. The molecule has 1 aromatic carbocycles. The Labute approximate surface area is 90.7 Å². The summed E-state index contributed by atoms with van der Waals surface area (Å²) in [6.07, 6.45) is 1.28. The van der Waals surface area contributed by atoms with Crippen LogP contribution in [0.1, 0.15) is 10.4 Å². The van der Waals surface area contributed by atoms with Crippen LogP contribution in [0.25, 0.3) is 0 Å². The van der Waals surface area contributed by atoms with Crippen LogP contribution in [0.5, 0.6) is 11.5 Å². The van der Waals surface area contributed by atoms with Crippen molar-refractivity contribution in [1.82, 2.24) is 10.2 Å². The number of H-pyrrole nitrogens is 1. The molecule has 0 aliphatic heterocycles. The smallest absolute Gasteiger partial charge is 0.348 e. The molecule has 0 radical (unpaired) electrons. The Morgan fingerprint density at radius 2 is 2.31 bits per heavy atom. The number of phenolic OH excluding ortho intramolecular Hbond substituents is 1. The largest absolute Gasteiger partial charge is 0.508 e. The number of nitrogens with two attached hydrogens (primary N) is 1. The summed E-state index contributed by atoms with van der Waals surface area (Å²) in [6, 6.07) is 5.92. The second kappa shape index (κ2) is 3.93. The fraction of sp³-hybridized carbons (Fsp3) is 0. The fourth-order valence-electron chi connectivity index (χ4n) is 1.17. The Bertz CT molecular complexity index is 522. The molecule has 0 fully saturated rings. The number of hydrogen-bond acceptors (Lipinski definition) is 5. The molecule has 6 nitrogen and oxygen atoms in total. The molecule has 2 aromatic rings. The predicted molar refractivity (Wildman–Crippen MR) is 56.1 cm³/mol. The first-order valence-corrected chi connectivity index (χ1v) is 4.47. The van der Waals surface area contributed by atoms with Crippen LogP contribution in [0.4, 0.5) is 5.82 Å². The molecule has 0 amide bonds. The maximum Gasteiger partial charge on any atom is 0.348 e. The number of nitrogen functional groups attached to an aromatic ring is 1. The van der Waals surface area contributed by atoms with Crippen molar-refractivity contribution in [2.45, 2.75) is 0 Å². The lowest BCUT2D eigenvalue weighted by atomic mass is 10.3. The van der Waals surface area contributed by atoms with Crippen LogP contribution in [0.3, 0.4) is 0 Å². The van der Waals surface area contributed by atoms with Gasteiger partial charge in [0.05, 0.1) is 6.20 Å². The maximum absolute atomic E-state index is 11.6. The van der Waals surface area contributed by atoms with Gasteiger partial charge < -0.3 is 15.6 Å². The molecule has 0 aliphatic carbocycles. The van der Waals surface area contributed by atoms with Gasteiger partial charge in [-0.3, -0.25) is 5.10 Å². The Balaban J connectivity index is 2.17. The highest BCUT2D eigenvalue weighted by Gasteiger charge is 2.14. The number of esters is 1. The van der Waals surface area contributed by atoms with E-state index >= 15 is 0 Å². The number of nitrogens with one attached hydrogen (secondary N) is 1. The van der Waals surface area contributed by atoms with Crippen molar-refractivity contribution in [3.05, 3.63) is 36.0 Å². The highest BCUT2D eigenvalue weighted by Crippen LogP contribution is 2.19. The first kappa shape index (κ1) is 10.0. The average Bonchev–Trinajstić information content (AvgIpc) is 2.64. The van der Waals surface area contributed by atoms with Gasteiger partial charge in [0.15, 0.2) is 0 Å². The number of phenols is 1. The third-order valence-electron chi connectivity index (χ3n) is 1.92. The highest BCUT2D eigenvalue weighted by molar-refractivity contribution is 5.95. The third kappa shape index (κ3) is 1.95. The number of hydrogen-bond donors (Lipinski definition) is 3. The molecule has 1 aromatic heterocycles. The first-order chi connectivity index (χ1) is 7.66. The van der Waals surface area contributed by atoms with E-state index in [1.54, 1.807) is 12.1 Å². The van der Waals surface area contributed by atoms with Gasteiger partial charge in [0.2, 0.25) is 0 Å². The molecule has 0 unspecified atom stereocenters. The second-order valence-electron chi connectivity index (χ2n) is 3.08. The number of carbonyl (C=O) groups is 1. The van der Waals surface area contributed by atoms with Gasteiger partial charge in [-0.15, -0.1) is 0 Å². The molecule has 2 rings (SSSR count). The van der Waals surface area contributed by atoms with Crippen LogP contribution >= 0.6 is 0 Å². The molecule has 0 bridgehead atoms. The third-order valence-corrected chi connectivity index (χ3v) is 1.92. The van der Waals surface area contributed by atoms with E-state index in [0.29, 0.717) is 0 Å². The molecule has 0 spiro atoms. The summed E-state index contributed by atoms with van der Waals surface area (Å²) in [5.41, 5.74) is 5.61.